The molecule has 0 radical (unpaired) electrons. The summed E-state index contributed by atoms with van der Waals surface area (Å²) in [7, 11) is 0. The Morgan fingerprint density at radius 2 is 1.86 bits per heavy atom. The quantitative estimate of drug-likeness (QED) is 0.669. The lowest BCUT2D eigenvalue weighted by Gasteiger charge is -2.11. The molecule has 3 aromatic rings. The fourth-order valence-electron chi connectivity index (χ4n) is 2.60. The van der Waals surface area contributed by atoms with Crippen molar-refractivity contribution in [2.75, 3.05) is 17.2 Å². The highest BCUT2D eigenvalue weighted by Gasteiger charge is 2.14. The molecule has 2 N–H and O–H groups in total. The van der Waals surface area contributed by atoms with Crippen molar-refractivity contribution in [3.05, 3.63) is 83.7 Å². The first-order valence-corrected chi connectivity index (χ1v) is 8.91. The van der Waals surface area contributed by atoms with Crippen LogP contribution >= 0.6 is 0 Å². The van der Waals surface area contributed by atoms with Crippen LogP contribution in [0, 0.1) is 11.3 Å². The molecule has 1 aromatic heterocycles. The summed E-state index contributed by atoms with van der Waals surface area (Å²) in [6.45, 7) is 2.33. The van der Waals surface area contributed by atoms with E-state index in [1.807, 2.05) is 19.1 Å². The van der Waals surface area contributed by atoms with Gasteiger partial charge in [-0.1, -0.05) is 18.2 Å². The van der Waals surface area contributed by atoms with E-state index in [2.05, 4.69) is 15.6 Å². The number of nitriles is 1. The van der Waals surface area contributed by atoms with Gasteiger partial charge in [-0.25, -0.2) is 0 Å². The van der Waals surface area contributed by atoms with Gasteiger partial charge in [-0.05, 0) is 49.4 Å². The number of hydrogen-bond acceptors (Lipinski definition) is 5. The molecule has 0 atom stereocenters. The van der Waals surface area contributed by atoms with E-state index in [0.717, 1.165) is 0 Å². The second-order valence-electron chi connectivity index (χ2n) is 5.96. The van der Waals surface area contributed by atoms with Crippen LogP contribution in [0.15, 0.2) is 66.9 Å². The molecule has 7 nitrogen and oxygen atoms in total. The van der Waals surface area contributed by atoms with Crippen LogP contribution in [0.3, 0.4) is 0 Å². The Morgan fingerprint density at radius 3 is 2.66 bits per heavy atom. The van der Waals surface area contributed by atoms with E-state index in [-0.39, 0.29) is 17.2 Å². The molecule has 0 saturated carbocycles. The summed E-state index contributed by atoms with van der Waals surface area (Å²) in [5.74, 6) is -0.308. The van der Waals surface area contributed by atoms with Gasteiger partial charge in [0, 0.05) is 17.4 Å². The fraction of sp³-hybridized carbons (Fsp3) is 0.0909. The number of nitrogens with zero attached hydrogens (tertiary/aromatic N) is 2. The molecule has 7 heteroatoms. The Labute approximate surface area is 168 Å². The molecule has 0 bridgehead atoms. The van der Waals surface area contributed by atoms with Crippen LogP contribution in [0.1, 0.15) is 33.3 Å². The number of hydrogen-bond donors (Lipinski definition) is 2. The molecule has 0 spiro atoms. The van der Waals surface area contributed by atoms with Gasteiger partial charge in [-0.15, -0.1) is 0 Å². The lowest BCUT2D eigenvalue weighted by molar-refractivity contribution is 0.102. The van der Waals surface area contributed by atoms with Crippen molar-refractivity contribution in [1.29, 1.82) is 5.26 Å². The molecular formula is C22H18N4O3. The number of carbonyl (C=O) groups is 2. The van der Waals surface area contributed by atoms with Crippen molar-refractivity contribution >= 4 is 23.2 Å². The smallest absolute Gasteiger partial charge is 0.274 e. The predicted octanol–water partition coefficient (Wildman–Crippen LogP) is 3.86. The minimum atomic E-state index is -0.482. The number of anilines is 2. The van der Waals surface area contributed by atoms with E-state index in [1.54, 1.807) is 42.5 Å². The molecule has 144 valence electrons. The molecule has 0 aliphatic carbocycles. The predicted molar refractivity (Wildman–Crippen MR) is 109 cm³/mol. The van der Waals surface area contributed by atoms with Crippen molar-refractivity contribution in [1.82, 2.24) is 4.98 Å². The summed E-state index contributed by atoms with van der Waals surface area (Å²) >= 11 is 0. The molecule has 0 fully saturated rings. The minimum absolute atomic E-state index is 0.0816. The largest absolute Gasteiger partial charge is 0.492 e. The molecule has 0 aliphatic heterocycles. The Bertz CT molecular complexity index is 1090. The van der Waals surface area contributed by atoms with Gasteiger partial charge in [0.15, 0.2) is 0 Å². The summed E-state index contributed by atoms with van der Waals surface area (Å²) in [6.07, 6.45) is 1.39. The summed E-state index contributed by atoms with van der Waals surface area (Å²) in [6, 6.07) is 18.6. The van der Waals surface area contributed by atoms with Crippen LogP contribution in [-0.2, 0) is 0 Å². The summed E-state index contributed by atoms with van der Waals surface area (Å²) in [5.41, 5.74) is 1.80. The van der Waals surface area contributed by atoms with Gasteiger partial charge >= 0.3 is 0 Å². The van der Waals surface area contributed by atoms with E-state index in [0.29, 0.717) is 29.3 Å². The van der Waals surface area contributed by atoms with Crippen molar-refractivity contribution in [2.45, 2.75) is 6.92 Å². The fourth-order valence-corrected chi connectivity index (χ4v) is 2.60. The van der Waals surface area contributed by atoms with E-state index < -0.39 is 5.91 Å². The van der Waals surface area contributed by atoms with E-state index in [4.69, 9.17) is 10.00 Å². The van der Waals surface area contributed by atoms with Gasteiger partial charge in [-0.3, -0.25) is 14.6 Å². The Morgan fingerprint density at radius 1 is 1.03 bits per heavy atom. The molecular weight excluding hydrogens is 368 g/mol. The second kappa shape index (κ2) is 9.15. The third-order valence-corrected chi connectivity index (χ3v) is 3.94. The average Bonchev–Trinajstić information content (AvgIpc) is 2.75. The molecule has 0 aliphatic rings. The maximum atomic E-state index is 12.6. The molecule has 2 aromatic carbocycles. The zero-order valence-corrected chi connectivity index (χ0v) is 15.7. The van der Waals surface area contributed by atoms with Gasteiger partial charge in [0.25, 0.3) is 11.8 Å². The topological polar surface area (TPSA) is 104 Å². The highest BCUT2D eigenvalue weighted by Crippen LogP contribution is 2.24. The monoisotopic (exact) mass is 386 g/mol. The zero-order chi connectivity index (χ0) is 20.6. The maximum Gasteiger partial charge on any atom is 0.274 e. The first kappa shape index (κ1) is 19.6. The van der Waals surface area contributed by atoms with Crippen molar-refractivity contribution in [2.24, 2.45) is 0 Å². The van der Waals surface area contributed by atoms with Crippen LogP contribution in [0.4, 0.5) is 11.4 Å². The number of aromatic nitrogens is 1. The first-order valence-electron chi connectivity index (χ1n) is 8.91. The molecule has 29 heavy (non-hydrogen) atoms. The molecule has 0 unspecified atom stereocenters. The Hall–Kier alpha value is -4.18. The first-order chi connectivity index (χ1) is 14.1. The number of ether oxygens (including phenoxy) is 1. The van der Waals surface area contributed by atoms with Crippen LogP contribution in [0.5, 0.6) is 5.75 Å². The van der Waals surface area contributed by atoms with Crippen LogP contribution < -0.4 is 15.4 Å². The van der Waals surface area contributed by atoms with Crippen LogP contribution in [0.25, 0.3) is 0 Å². The second-order valence-corrected chi connectivity index (χ2v) is 5.96. The number of para-hydroxylation sites is 2. The lowest BCUT2D eigenvalue weighted by atomic mass is 10.2. The highest BCUT2D eigenvalue weighted by molar-refractivity contribution is 6.08. The molecule has 1 heterocycles. The van der Waals surface area contributed by atoms with Gasteiger partial charge in [-0.2, -0.15) is 5.26 Å². The third-order valence-electron chi connectivity index (χ3n) is 3.94. The standard InChI is InChI=1S/C22H18N4O3/c1-2-29-20-9-4-3-8-18(20)26-21(27)16-10-11-24-19(13-16)22(28)25-17-7-5-6-15(12-17)14-23/h3-13H,2H2,1H3,(H,25,28)(H,26,27). The zero-order valence-electron chi connectivity index (χ0n) is 15.7. The third kappa shape index (κ3) is 4.96. The van der Waals surface area contributed by atoms with Crippen LogP contribution in [-0.4, -0.2) is 23.4 Å². The lowest BCUT2D eigenvalue weighted by Crippen LogP contribution is -2.17. The van der Waals surface area contributed by atoms with E-state index >= 15 is 0 Å². The maximum absolute atomic E-state index is 12.6. The Balaban J connectivity index is 1.76. The number of nitrogens with one attached hydrogen (secondary N) is 2. The number of benzene rings is 2. The number of carbonyl (C=O) groups excluding carboxylic acids is 2. The average molecular weight is 386 g/mol. The van der Waals surface area contributed by atoms with Gasteiger partial charge in [0.2, 0.25) is 0 Å². The molecule has 0 saturated heterocycles. The van der Waals surface area contributed by atoms with E-state index in [9.17, 15) is 9.59 Å². The number of rotatable bonds is 6. The van der Waals surface area contributed by atoms with E-state index in [1.165, 1.54) is 18.3 Å². The number of pyridine rings is 1. The SMILES string of the molecule is CCOc1ccccc1NC(=O)c1ccnc(C(=O)Nc2cccc(C#N)c2)c1. The summed E-state index contributed by atoms with van der Waals surface area (Å²) in [5, 5.41) is 14.4. The van der Waals surface area contributed by atoms with Gasteiger partial charge in [0.1, 0.15) is 11.4 Å². The summed E-state index contributed by atoms with van der Waals surface area (Å²) < 4.78 is 5.51. The van der Waals surface area contributed by atoms with Gasteiger partial charge in [0.05, 0.1) is 23.9 Å². The van der Waals surface area contributed by atoms with Crippen molar-refractivity contribution in [3.8, 4) is 11.8 Å². The van der Waals surface area contributed by atoms with Crippen LogP contribution in [0.2, 0.25) is 0 Å². The minimum Gasteiger partial charge on any atom is -0.492 e. The van der Waals surface area contributed by atoms with Gasteiger partial charge < -0.3 is 15.4 Å². The highest BCUT2D eigenvalue weighted by atomic mass is 16.5. The molecule has 2 amide bonds. The summed E-state index contributed by atoms with van der Waals surface area (Å²) in [4.78, 5) is 29.1. The molecule has 3 rings (SSSR count). The Kier molecular flexibility index (Phi) is 6.18. The normalized spacial score (nSPS) is 9.93. The number of amides is 2. The van der Waals surface area contributed by atoms with Crippen molar-refractivity contribution in [3.63, 3.8) is 0 Å². The van der Waals surface area contributed by atoms with Crippen molar-refractivity contribution < 1.29 is 14.3 Å².